The van der Waals surface area contributed by atoms with Gasteiger partial charge < -0.3 is 10.0 Å². The van der Waals surface area contributed by atoms with Crippen molar-refractivity contribution in [1.29, 1.82) is 0 Å². The Labute approximate surface area is 91.5 Å². The van der Waals surface area contributed by atoms with Gasteiger partial charge in [-0.2, -0.15) is 0 Å². The summed E-state index contributed by atoms with van der Waals surface area (Å²) in [4.78, 5) is 13.3. The quantitative estimate of drug-likeness (QED) is 0.776. The Kier molecular flexibility index (Phi) is 3.62. The molecule has 3 heteroatoms. The molecule has 1 aliphatic heterocycles. The predicted octanol–water partition coefficient (Wildman–Crippen LogP) is 1.97. The highest BCUT2D eigenvalue weighted by Gasteiger charge is 2.27. The van der Waals surface area contributed by atoms with Crippen LogP contribution in [0.5, 0.6) is 0 Å². The number of carboxylic acid groups (broad SMARTS) is 1. The van der Waals surface area contributed by atoms with Gasteiger partial charge >= 0.3 is 5.97 Å². The van der Waals surface area contributed by atoms with E-state index in [2.05, 4.69) is 4.90 Å². The minimum absolute atomic E-state index is 0.0557. The Bertz CT molecular complexity index is 216. The van der Waals surface area contributed by atoms with E-state index in [0.717, 1.165) is 31.6 Å². The van der Waals surface area contributed by atoms with Crippen LogP contribution in [0, 0.1) is 11.8 Å². The number of carbonyl (C=O) groups is 1. The van der Waals surface area contributed by atoms with Gasteiger partial charge in [0, 0.05) is 6.54 Å². The van der Waals surface area contributed by atoms with Gasteiger partial charge in [-0.05, 0) is 57.5 Å². The van der Waals surface area contributed by atoms with Gasteiger partial charge in [-0.25, -0.2) is 0 Å². The van der Waals surface area contributed by atoms with Crippen LogP contribution in [0.15, 0.2) is 0 Å². The first kappa shape index (κ1) is 10.9. The fourth-order valence-corrected chi connectivity index (χ4v) is 2.92. The molecule has 0 radical (unpaired) electrons. The van der Waals surface area contributed by atoms with E-state index in [1.165, 1.54) is 32.5 Å². The van der Waals surface area contributed by atoms with E-state index < -0.39 is 5.97 Å². The van der Waals surface area contributed by atoms with E-state index in [0.29, 0.717) is 0 Å². The van der Waals surface area contributed by atoms with Crippen molar-refractivity contribution in [1.82, 2.24) is 4.90 Å². The first-order valence-corrected chi connectivity index (χ1v) is 6.21. The van der Waals surface area contributed by atoms with E-state index in [1.807, 2.05) is 0 Å². The lowest BCUT2D eigenvalue weighted by atomic mass is 9.82. The molecule has 2 aliphatic rings. The molecule has 0 aromatic heterocycles. The molecule has 3 nitrogen and oxygen atoms in total. The third kappa shape index (κ3) is 2.94. The van der Waals surface area contributed by atoms with Crippen LogP contribution in [-0.4, -0.2) is 35.6 Å². The molecule has 2 rings (SSSR count). The summed E-state index contributed by atoms with van der Waals surface area (Å²) < 4.78 is 0. The van der Waals surface area contributed by atoms with Crippen LogP contribution in [0.25, 0.3) is 0 Å². The summed E-state index contributed by atoms with van der Waals surface area (Å²) in [7, 11) is 0. The largest absolute Gasteiger partial charge is 0.481 e. The van der Waals surface area contributed by atoms with E-state index in [-0.39, 0.29) is 5.92 Å². The molecular weight excluding hydrogens is 190 g/mol. The summed E-state index contributed by atoms with van der Waals surface area (Å²) in [6.07, 6.45) is 6.73. The molecule has 1 aliphatic carbocycles. The van der Waals surface area contributed by atoms with Gasteiger partial charge in [0.15, 0.2) is 0 Å². The van der Waals surface area contributed by atoms with E-state index in [1.54, 1.807) is 0 Å². The minimum atomic E-state index is -0.588. The van der Waals surface area contributed by atoms with Gasteiger partial charge in [-0.3, -0.25) is 4.79 Å². The van der Waals surface area contributed by atoms with Crippen molar-refractivity contribution in [3.63, 3.8) is 0 Å². The fraction of sp³-hybridized carbons (Fsp3) is 0.917. The van der Waals surface area contributed by atoms with Crippen molar-refractivity contribution in [3.05, 3.63) is 0 Å². The van der Waals surface area contributed by atoms with Crippen molar-refractivity contribution in [2.75, 3.05) is 19.6 Å². The maximum atomic E-state index is 10.8. The number of nitrogens with zero attached hydrogens (tertiary/aromatic N) is 1. The summed E-state index contributed by atoms with van der Waals surface area (Å²) >= 11 is 0. The number of hydrogen-bond acceptors (Lipinski definition) is 2. The average Bonchev–Trinajstić information content (AvgIpc) is 2.71. The molecule has 1 saturated carbocycles. The summed E-state index contributed by atoms with van der Waals surface area (Å²) in [6.45, 7) is 3.74. The zero-order valence-corrected chi connectivity index (χ0v) is 9.32. The highest BCUT2D eigenvalue weighted by Crippen LogP contribution is 2.30. The van der Waals surface area contributed by atoms with Gasteiger partial charge in [0.25, 0.3) is 0 Å². The number of hydrogen-bond donors (Lipinski definition) is 1. The molecule has 0 aromatic rings. The van der Waals surface area contributed by atoms with Crippen molar-refractivity contribution in [2.45, 2.75) is 38.5 Å². The Morgan fingerprint density at radius 2 is 1.73 bits per heavy atom. The van der Waals surface area contributed by atoms with Crippen molar-refractivity contribution in [3.8, 4) is 0 Å². The molecule has 0 amide bonds. The molecule has 1 N–H and O–H groups in total. The SMILES string of the molecule is O=C(O)C1CCC(CN2CCCC2)CC1. The van der Waals surface area contributed by atoms with Crippen molar-refractivity contribution in [2.24, 2.45) is 11.8 Å². The Hall–Kier alpha value is -0.570. The molecule has 1 heterocycles. The number of carboxylic acids is 1. The third-order valence-corrected chi connectivity index (χ3v) is 3.91. The lowest BCUT2D eigenvalue weighted by Crippen LogP contribution is -2.30. The van der Waals surface area contributed by atoms with Gasteiger partial charge in [-0.15, -0.1) is 0 Å². The standard InChI is InChI=1S/C12H21NO2/c14-12(15)11-5-3-10(4-6-11)9-13-7-1-2-8-13/h10-11H,1-9H2,(H,14,15). The van der Waals surface area contributed by atoms with E-state index in [9.17, 15) is 4.79 Å². The summed E-state index contributed by atoms with van der Waals surface area (Å²) in [5.74, 6) is 0.119. The topological polar surface area (TPSA) is 40.5 Å². The molecule has 0 atom stereocenters. The van der Waals surface area contributed by atoms with Crippen LogP contribution in [0.3, 0.4) is 0 Å². The Morgan fingerprint density at radius 1 is 1.13 bits per heavy atom. The maximum Gasteiger partial charge on any atom is 0.306 e. The normalized spacial score (nSPS) is 33.1. The second kappa shape index (κ2) is 4.97. The Balaban J connectivity index is 1.71. The molecule has 86 valence electrons. The van der Waals surface area contributed by atoms with Crippen LogP contribution >= 0.6 is 0 Å². The fourth-order valence-electron chi connectivity index (χ4n) is 2.92. The molecule has 1 saturated heterocycles. The van der Waals surface area contributed by atoms with E-state index >= 15 is 0 Å². The van der Waals surface area contributed by atoms with Gasteiger partial charge in [-0.1, -0.05) is 0 Å². The summed E-state index contributed by atoms with van der Waals surface area (Å²) in [5, 5.41) is 8.90. The maximum absolute atomic E-state index is 10.8. The molecule has 0 bridgehead atoms. The molecule has 15 heavy (non-hydrogen) atoms. The predicted molar refractivity (Wildman–Crippen MR) is 58.8 cm³/mol. The first-order valence-electron chi connectivity index (χ1n) is 6.21. The zero-order chi connectivity index (χ0) is 10.7. The zero-order valence-electron chi connectivity index (χ0n) is 9.32. The monoisotopic (exact) mass is 211 g/mol. The lowest BCUT2D eigenvalue weighted by Gasteiger charge is -2.29. The van der Waals surface area contributed by atoms with Crippen molar-refractivity contribution >= 4 is 5.97 Å². The van der Waals surface area contributed by atoms with E-state index in [4.69, 9.17) is 5.11 Å². The van der Waals surface area contributed by atoms with Crippen LogP contribution in [0.2, 0.25) is 0 Å². The summed E-state index contributed by atoms with van der Waals surface area (Å²) in [6, 6.07) is 0. The van der Waals surface area contributed by atoms with Crippen molar-refractivity contribution < 1.29 is 9.90 Å². The molecule has 0 aromatic carbocycles. The minimum Gasteiger partial charge on any atom is -0.481 e. The third-order valence-electron chi connectivity index (χ3n) is 3.91. The highest BCUT2D eigenvalue weighted by molar-refractivity contribution is 5.69. The van der Waals surface area contributed by atoms with Crippen LogP contribution < -0.4 is 0 Å². The highest BCUT2D eigenvalue weighted by atomic mass is 16.4. The van der Waals surface area contributed by atoms with Gasteiger partial charge in [0.05, 0.1) is 5.92 Å². The van der Waals surface area contributed by atoms with Gasteiger partial charge in [0.1, 0.15) is 0 Å². The Morgan fingerprint density at radius 3 is 2.27 bits per heavy atom. The number of rotatable bonds is 3. The smallest absolute Gasteiger partial charge is 0.306 e. The van der Waals surface area contributed by atoms with Crippen LogP contribution in [0.4, 0.5) is 0 Å². The number of aliphatic carboxylic acids is 1. The molecular formula is C12H21NO2. The molecule has 2 fully saturated rings. The lowest BCUT2D eigenvalue weighted by molar-refractivity contribution is -0.143. The second-order valence-electron chi connectivity index (χ2n) is 5.06. The summed E-state index contributed by atoms with van der Waals surface area (Å²) in [5.41, 5.74) is 0. The molecule has 0 unspecified atom stereocenters. The first-order chi connectivity index (χ1) is 7.25. The average molecular weight is 211 g/mol. The van der Waals surface area contributed by atoms with Crippen LogP contribution in [0.1, 0.15) is 38.5 Å². The number of likely N-dealkylation sites (tertiary alicyclic amines) is 1. The molecule has 0 spiro atoms. The van der Waals surface area contributed by atoms with Gasteiger partial charge in [0.2, 0.25) is 0 Å². The van der Waals surface area contributed by atoms with Crippen LogP contribution in [-0.2, 0) is 4.79 Å². The second-order valence-corrected chi connectivity index (χ2v) is 5.06.